The molecule has 0 radical (unpaired) electrons. The summed E-state index contributed by atoms with van der Waals surface area (Å²) < 4.78 is 23.6. The van der Waals surface area contributed by atoms with Crippen LogP contribution in [0.15, 0.2) is 54.2 Å². The SMILES string of the molecule is COC(=O)C1=C(c2cccc3c2ccn3Cc2cc(OC)cc(OC)c2)CCN(C(=O)OC(C)(C)C)C1. The summed E-state index contributed by atoms with van der Waals surface area (Å²) in [5.41, 5.74) is 3.78. The van der Waals surface area contributed by atoms with Gasteiger partial charge in [0, 0.05) is 36.3 Å². The molecule has 0 atom stereocenters. The average Bonchev–Trinajstić information content (AvgIpc) is 3.29. The van der Waals surface area contributed by atoms with Gasteiger partial charge in [0.1, 0.15) is 17.1 Å². The highest BCUT2D eigenvalue weighted by molar-refractivity contribution is 6.03. The largest absolute Gasteiger partial charge is 0.497 e. The number of amides is 1. The van der Waals surface area contributed by atoms with Crippen LogP contribution in [0.4, 0.5) is 4.79 Å². The van der Waals surface area contributed by atoms with Crippen LogP contribution >= 0.6 is 0 Å². The van der Waals surface area contributed by atoms with Gasteiger partial charge in [0.15, 0.2) is 0 Å². The van der Waals surface area contributed by atoms with Crippen molar-refractivity contribution in [3.8, 4) is 11.5 Å². The van der Waals surface area contributed by atoms with Crippen molar-refractivity contribution in [1.82, 2.24) is 9.47 Å². The molecular weight excluding hydrogens is 472 g/mol. The standard InChI is InChI=1S/C29H34N2O6/c1-29(2,3)37-28(33)31-13-10-23(25(18-31)27(32)36-6)22-8-7-9-26-24(22)11-12-30(26)17-19-14-20(34-4)16-21(15-19)35-5/h7-9,11-12,14-16H,10,13,17-18H2,1-6H3. The molecular formula is C29H34N2O6. The summed E-state index contributed by atoms with van der Waals surface area (Å²) in [6.07, 6.45) is 2.11. The zero-order valence-electron chi connectivity index (χ0n) is 22.3. The fourth-order valence-corrected chi connectivity index (χ4v) is 4.63. The Morgan fingerprint density at radius 2 is 1.68 bits per heavy atom. The second-order valence-corrected chi connectivity index (χ2v) is 10.0. The maximum absolute atomic E-state index is 12.8. The van der Waals surface area contributed by atoms with Crippen molar-refractivity contribution >= 4 is 28.5 Å². The number of hydrogen-bond acceptors (Lipinski definition) is 6. The molecule has 2 heterocycles. The van der Waals surface area contributed by atoms with Crippen molar-refractivity contribution in [2.24, 2.45) is 0 Å². The van der Waals surface area contributed by atoms with Crippen molar-refractivity contribution in [2.75, 3.05) is 34.4 Å². The average molecular weight is 507 g/mol. The first-order valence-electron chi connectivity index (χ1n) is 12.2. The second kappa shape index (κ2) is 10.6. The van der Waals surface area contributed by atoms with Gasteiger partial charge in [0.05, 0.1) is 33.4 Å². The highest BCUT2D eigenvalue weighted by atomic mass is 16.6. The molecule has 2 aromatic carbocycles. The molecule has 0 fully saturated rings. The number of nitrogens with zero attached hydrogens (tertiary/aromatic N) is 2. The van der Waals surface area contributed by atoms with Crippen LogP contribution < -0.4 is 9.47 Å². The van der Waals surface area contributed by atoms with Gasteiger partial charge in [-0.3, -0.25) is 0 Å². The Morgan fingerprint density at radius 1 is 0.973 bits per heavy atom. The lowest BCUT2D eigenvalue weighted by molar-refractivity contribution is -0.136. The van der Waals surface area contributed by atoms with Crippen molar-refractivity contribution in [3.05, 3.63) is 65.4 Å². The predicted octanol–water partition coefficient (Wildman–Crippen LogP) is 5.27. The summed E-state index contributed by atoms with van der Waals surface area (Å²) >= 11 is 0. The quantitative estimate of drug-likeness (QED) is 0.424. The molecule has 8 nitrogen and oxygen atoms in total. The Balaban J connectivity index is 1.71. The maximum atomic E-state index is 12.8. The van der Waals surface area contributed by atoms with Gasteiger partial charge in [0.25, 0.3) is 0 Å². The van der Waals surface area contributed by atoms with E-state index < -0.39 is 17.7 Å². The monoisotopic (exact) mass is 506 g/mol. The molecule has 0 aliphatic carbocycles. The molecule has 37 heavy (non-hydrogen) atoms. The predicted molar refractivity (Wildman–Crippen MR) is 142 cm³/mol. The van der Waals surface area contributed by atoms with E-state index in [-0.39, 0.29) is 6.54 Å². The van der Waals surface area contributed by atoms with E-state index in [1.54, 1.807) is 19.1 Å². The number of methoxy groups -OCH3 is 3. The van der Waals surface area contributed by atoms with E-state index in [2.05, 4.69) is 16.7 Å². The second-order valence-electron chi connectivity index (χ2n) is 10.0. The first-order valence-corrected chi connectivity index (χ1v) is 12.2. The highest BCUT2D eigenvalue weighted by Gasteiger charge is 2.31. The fraction of sp³-hybridized carbons (Fsp3) is 0.379. The molecule has 0 N–H and O–H groups in total. The number of rotatable bonds is 6. The first-order chi connectivity index (χ1) is 17.6. The number of fused-ring (bicyclic) bond motifs is 1. The van der Waals surface area contributed by atoms with E-state index in [0.29, 0.717) is 25.1 Å². The van der Waals surface area contributed by atoms with Crippen LogP contribution in [0.1, 0.15) is 38.3 Å². The van der Waals surface area contributed by atoms with Gasteiger partial charge >= 0.3 is 12.1 Å². The van der Waals surface area contributed by atoms with Crippen LogP contribution in [-0.2, 0) is 20.8 Å². The van der Waals surface area contributed by atoms with E-state index in [4.69, 9.17) is 18.9 Å². The van der Waals surface area contributed by atoms with Gasteiger partial charge in [-0.25, -0.2) is 9.59 Å². The van der Waals surface area contributed by atoms with Crippen LogP contribution in [-0.4, -0.2) is 61.5 Å². The summed E-state index contributed by atoms with van der Waals surface area (Å²) in [4.78, 5) is 27.1. The highest BCUT2D eigenvalue weighted by Crippen LogP contribution is 2.34. The minimum atomic E-state index is -0.617. The Hall–Kier alpha value is -3.94. The number of esters is 1. The molecule has 0 unspecified atom stereocenters. The lowest BCUT2D eigenvalue weighted by Gasteiger charge is -2.32. The van der Waals surface area contributed by atoms with Crippen molar-refractivity contribution in [2.45, 2.75) is 39.3 Å². The summed E-state index contributed by atoms with van der Waals surface area (Å²) in [6, 6.07) is 13.9. The van der Waals surface area contributed by atoms with Gasteiger partial charge in [-0.1, -0.05) is 12.1 Å². The van der Waals surface area contributed by atoms with Gasteiger partial charge in [0.2, 0.25) is 0 Å². The zero-order chi connectivity index (χ0) is 26.7. The smallest absolute Gasteiger partial charge is 0.410 e. The van der Waals surface area contributed by atoms with Gasteiger partial charge in [-0.05, 0) is 68.2 Å². The summed E-state index contributed by atoms with van der Waals surface area (Å²) in [5, 5.41) is 1.03. The van der Waals surface area contributed by atoms with Crippen LogP contribution in [0.3, 0.4) is 0 Å². The normalized spacial score (nSPS) is 14.1. The van der Waals surface area contributed by atoms with E-state index in [1.165, 1.54) is 7.11 Å². The molecule has 1 aromatic heterocycles. The van der Waals surface area contributed by atoms with Crippen molar-refractivity contribution in [1.29, 1.82) is 0 Å². The van der Waals surface area contributed by atoms with E-state index in [9.17, 15) is 9.59 Å². The Morgan fingerprint density at radius 3 is 2.30 bits per heavy atom. The maximum Gasteiger partial charge on any atom is 0.410 e. The Kier molecular flexibility index (Phi) is 7.47. The summed E-state index contributed by atoms with van der Waals surface area (Å²) in [6.45, 7) is 6.68. The van der Waals surface area contributed by atoms with Crippen LogP contribution in [0.25, 0.3) is 16.5 Å². The van der Waals surface area contributed by atoms with Crippen molar-refractivity contribution < 1.29 is 28.5 Å². The number of carbonyl (C=O) groups excluding carboxylic acids is 2. The number of hydrogen-bond donors (Lipinski definition) is 0. The van der Waals surface area contributed by atoms with Crippen LogP contribution in [0.2, 0.25) is 0 Å². The Labute approximate surface area is 217 Å². The first kappa shape index (κ1) is 26.1. The van der Waals surface area contributed by atoms with Crippen LogP contribution in [0.5, 0.6) is 11.5 Å². The molecule has 1 aliphatic rings. The van der Waals surface area contributed by atoms with Crippen molar-refractivity contribution in [3.63, 3.8) is 0 Å². The van der Waals surface area contributed by atoms with Gasteiger partial charge < -0.3 is 28.4 Å². The molecule has 196 valence electrons. The van der Waals surface area contributed by atoms with Gasteiger partial charge in [-0.2, -0.15) is 0 Å². The molecule has 1 aliphatic heterocycles. The molecule has 3 aromatic rings. The number of ether oxygens (including phenoxy) is 4. The molecule has 1 amide bonds. The minimum absolute atomic E-state index is 0.137. The number of benzene rings is 2. The third kappa shape index (κ3) is 5.74. The third-order valence-corrected chi connectivity index (χ3v) is 6.33. The summed E-state index contributed by atoms with van der Waals surface area (Å²) in [7, 11) is 4.63. The van der Waals surface area contributed by atoms with E-state index >= 15 is 0 Å². The lowest BCUT2D eigenvalue weighted by Crippen LogP contribution is -2.41. The summed E-state index contributed by atoms with van der Waals surface area (Å²) in [5.74, 6) is 1.02. The fourth-order valence-electron chi connectivity index (χ4n) is 4.63. The van der Waals surface area contributed by atoms with E-state index in [0.717, 1.165) is 39.1 Å². The van der Waals surface area contributed by atoms with Gasteiger partial charge in [-0.15, -0.1) is 0 Å². The number of carbonyl (C=O) groups is 2. The zero-order valence-corrected chi connectivity index (χ0v) is 22.3. The Bertz CT molecular complexity index is 1330. The molecule has 0 bridgehead atoms. The molecule has 0 spiro atoms. The topological polar surface area (TPSA) is 79.2 Å². The van der Waals surface area contributed by atoms with E-state index in [1.807, 2.05) is 57.3 Å². The minimum Gasteiger partial charge on any atom is -0.497 e. The molecule has 0 saturated carbocycles. The molecule has 0 saturated heterocycles. The lowest BCUT2D eigenvalue weighted by atomic mass is 9.91. The number of aromatic nitrogens is 1. The molecule has 4 rings (SSSR count). The van der Waals surface area contributed by atoms with Crippen LogP contribution in [0, 0.1) is 0 Å². The molecule has 8 heteroatoms. The third-order valence-electron chi connectivity index (χ3n) is 6.33.